The number of hydrogen-bond acceptors (Lipinski definition) is 6. The molecule has 7 nitrogen and oxygen atoms in total. The lowest BCUT2D eigenvalue weighted by atomic mass is 9.99. The van der Waals surface area contributed by atoms with Crippen molar-refractivity contribution in [2.45, 2.75) is 20.1 Å². The van der Waals surface area contributed by atoms with Gasteiger partial charge in [0.2, 0.25) is 5.91 Å². The standard InChI is InChI=1S/C20H20N4O3/c1-12(25)23-18-8-6-14(10-21-18)16-4-3-5-17(20(16)27)15-7-9-19(22-11-15)24-13(2)26/h3-12,25,27H,1-2H3,(H,21,23)(H,22,24,26). The second kappa shape index (κ2) is 7.84. The van der Waals surface area contributed by atoms with Crippen molar-refractivity contribution in [3.05, 3.63) is 54.9 Å². The van der Waals surface area contributed by atoms with E-state index in [4.69, 9.17) is 0 Å². The Kier molecular flexibility index (Phi) is 5.33. The average molecular weight is 364 g/mol. The van der Waals surface area contributed by atoms with E-state index in [2.05, 4.69) is 20.6 Å². The lowest BCUT2D eigenvalue weighted by molar-refractivity contribution is -0.114. The molecule has 0 spiro atoms. The fourth-order valence-corrected chi connectivity index (χ4v) is 2.67. The van der Waals surface area contributed by atoms with Gasteiger partial charge in [0.1, 0.15) is 23.6 Å². The molecular formula is C20H20N4O3. The van der Waals surface area contributed by atoms with Crippen LogP contribution in [0.4, 0.5) is 11.6 Å². The highest BCUT2D eigenvalue weighted by Gasteiger charge is 2.12. The predicted octanol–water partition coefficient (Wildman–Crippen LogP) is 3.22. The van der Waals surface area contributed by atoms with Gasteiger partial charge >= 0.3 is 0 Å². The van der Waals surface area contributed by atoms with E-state index >= 15 is 0 Å². The van der Waals surface area contributed by atoms with E-state index in [0.717, 1.165) is 11.1 Å². The third kappa shape index (κ3) is 4.39. The minimum absolute atomic E-state index is 0.115. The number of pyridine rings is 2. The van der Waals surface area contributed by atoms with Crippen LogP contribution in [0.2, 0.25) is 0 Å². The molecule has 27 heavy (non-hydrogen) atoms. The summed E-state index contributed by atoms with van der Waals surface area (Å²) in [6, 6.07) is 12.5. The Balaban J connectivity index is 1.91. The Morgan fingerprint density at radius 3 is 1.96 bits per heavy atom. The molecule has 0 saturated heterocycles. The van der Waals surface area contributed by atoms with Gasteiger partial charge in [0.25, 0.3) is 0 Å². The van der Waals surface area contributed by atoms with Gasteiger partial charge in [-0.1, -0.05) is 18.2 Å². The number of benzene rings is 1. The van der Waals surface area contributed by atoms with Crippen molar-refractivity contribution in [1.29, 1.82) is 0 Å². The molecule has 1 amide bonds. The van der Waals surface area contributed by atoms with Gasteiger partial charge in [-0.05, 0) is 31.2 Å². The molecule has 138 valence electrons. The monoisotopic (exact) mass is 364 g/mol. The molecule has 0 aliphatic heterocycles. The summed E-state index contributed by atoms with van der Waals surface area (Å²) in [5.41, 5.74) is 2.73. The number of anilines is 2. The van der Waals surface area contributed by atoms with E-state index < -0.39 is 6.23 Å². The summed E-state index contributed by atoms with van der Waals surface area (Å²) in [7, 11) is 0. The number of carbonyl (C=O) groups excluding carboxylic acids is 1. The molecule has 2 aromatic heterocycles. The summed E-state index contributed by atoms with van der Waals surface area (Å²) >= 11 is 0. The number of aliphatic hydroxyl groups excluding tert-OH is 1. The zero-order valence-electron chi connectivity index (χ0n) is 15.0. The van der Waals surface area contributed by atoms with Gasteiger partial charge in [0, 0.05) is 41.6 Å². The second-order valence-corrected chi connectivity index (χ2v) is 6.07. The topological polar surface area (TPSA) is 107 Å². The van der Waals surface area contributed by atoms with Gasteiger partial charge in [0.05, 0.1) is 0 Å². The van der Waals surface area contributed by atoms with Gasteiger partial charge in [-0.15, -0.1) is 0 Å². The van der Waals surface area contributed by atoms with Crippen molar-refractivity contribution >= 4 is 17.5 Å². The average Bonchev–Trinajstić information content (AvgIpc) is 2.63. The molecule has 7 heteroatoms. The quantitative estimate of drug-likeness (QED) is 0.518. The van der Waals surface area contributed by atoms with Gasteiger partial charge in [-0.3, -0.25) is 4.79 Å². The third-order valence-electron chi connectivity index (χ3n) is 3.85. The van der Waals surface area contributed by atoms with Crippen molar-refractivity contribution in [3.63, 3.8) is 0 Å². The lowest BCUT2D eigenvalue weighted by Crippen LogP contribution is -2.14. The summed E-state index contributed by atoms with van der Waals surface area (Å²) in [5.74, 6) is 0.917. The third-order valence-corrected chi connectivity index (χ3v) is 3.85. The summed E-state index contributed by atoms with van der Waals surface area (Å²) < 4.78 is 0. The summed E-state index contributed by atoms with van der Waals surface area (Å²) in [4.78, 5) is 19.5. The second-order valence-electron chi connectivity index (χ2n) is 6.07. The van der Waals surface area contributed by atoms with Crippen LogP contribution in [-0.4, -0.2) is 32.3 Å². The number of nitrogens with one attached hydrogen (secondary N) is 2. The number of amides is 1. The van der Waals surface area contributed by atoms with Gasteiger partial charge in [-0.25, -0.2) is 9.97 Å². The molecule has 0 aliphatic carbocycles. The van der Waals surface area contributed by atoms with Gasteiger partial charge in [0.15, 0.2) is 0 Å². The number of aliphatic hydroxyl groups is 1. The SMILES string of the molecule is CC(=O)Nc1ccc(-c2cccc(-c3ccc(NC(C)O)nc3)c2O)cn1. The molecule has 0 aliphatic rings. The Labute approximate surface area is 156 Å². The fraction of sp³-hybridized carbons (Fsp3) is 0.150. The first-order chi connectivity index (χ1) is 12.9. The summed E-state index contributed by atoms with van der Waals surface area (Å²) in [5, 5.41) is 25.5. The van der Waals surface area contributed by atoms with Crippen LogP contribution in [0.25, 0.3) is 22.3 Å². The predicted molar refractivity (Wildman–Crippen MR) is 104 cm³/mol. The highest BCUT2D eigenvalue weighted by molar-refractivity contribution is 5.88. The van der Waals surface area contributed by atoms with Crippen LogP contribution in [0.3, 0.4) is 0 Å². The molecule has 0 bridgehead atoms. The van der Waals surface area contributed by atoms with E-state index in [1.807, 2.05) is 12.1 Å². The fourth-order valence-electron chi connectivity index (χ4n) is 2.67. The summed E-state index contributed by atoms with van der Waals surface area (Å²) in [6.45, 7) is 3.02. The lowest BCUT2D eigenvalue weighted by Gasteiger charge is -2.12. The van der Waals surface area contributed by atoms with Gasteiger partial charge in [-0.2, -0.15) is 0 Å². The summed E-state index contributed by atoms with van der Waals surface area (Å²) in [6.07, 6.45) is 2.52. The van der Waals surface area contributed by atoms with Crippen molar-refractivity contribution in [3.8, 4) is 28.0 Å². The number of phenols is 1. The Morgan fingerprint density at radius 1 is 0.963 bits per heavy atom. The van der Waals surface area contributed by atoms with Gasteiger partial charge < -0.3 is 20.8 Å². The van der Waals surface area contributed by atoms with Crippen LogP contribution in [0.15, 0.2) is 54.9 Å². The first-order valence-corrected chi connectivity index (χ1v) is 8.41. The number of aromatic hydroxyl groups is 1. The smallest absolute Gasteiger partial charge is 0.222 e. The van der Waals surface area contributed by atoms with E-state index in [1.165, 1.54) is 6.92 Å². The van der Waals surface area contributed by atoms with Crippen molar-refractivity contribution in [1.82, 2.24) is 9.97 Å². The van der Waals surface area contributed by atoms with E-state index in [1.54, 1.807) is 49.6 Å². The maximum absolute atomic E-state index is 11.1. The van der Waals surface area contributed by atoms with Crippen LogP contribution in [-0.2, 0) is 4.79 Å². The number of aromatic nitrogens is 2. The van der Waals surface area contributed by atoms with Crippen LogP contribution in [0, 0.1) is 0 Å². The number of carbonyl (C=O) groups is 1. The molecule has 3 rings (SSSR count). The van der Waals surface area contributed by atoms with E-state index in [9.17, 15) is 15.0 Å². The van der Waals surface area contributed by atoms with Crippen LogP contribution >= 0.6 is 0 Å². The maximum Gasteiger partial charge on any atom is 0.222 e. The highest BCUT2D eigenvalue weighted by atomic mass is 16.3. The van der Waals surface area contributed by atoms with E-state index in [0.29, 0.717) is 22.8 Å². The normalized spacial score (nSPS) is 11.7. The van der Waals surface area contributed by atoms with Crippen LogP contribution in [0.5, 0.6) is 5.75 Å². The first kappa shape index (κ1) is 18.3. The zero-order valence-corrected chi connectivity index (χ0v) is 15.0. The molecule has 1 unspecified atom stereocenters. The molecule has 2 heterocycles. The Morgan fingerprint density at radius 2 is 1.52 bits per heavy atom. The minimum atomic E-state index is -0.701. The maximum atomic E-state index is 11.1. The first-order valence-electron chi connectivity index (χ1n) is 8.41. The van der Waals surface area contributed by atoms with Crippen molar-refractivity contribution in [2.24, 2.45) is 0 Å². The Hall–Kier alpha value is -3.45. The van der Waals surface area contributed by atoms with E-state index in [-0.39, 0.29) is 11.7 Å². The van der Waals surface area contributed by atoms with Crippen LogP contribution in [0.1, 0.15) is 13.8 Å². The zero-order chi connectivity index (χ0) is 19.4. The largest absolute Gasteiger partial charge is 0.507 e. The minimum Gasteiger partial charge on any atom is -0.507 e. The molecule has 4 N–H and O–H groups in total. The number of para-hydroxylation sites is 1. The number of hydrogen-bond donors (Lipinski definition) is 4. The molecule has 1 atom stereocenters. The molecule has 1 aromatic carbocycles. The number of phenolic OH excluding ortho intramolecular Hbond substituents is 1. The molecule has 0 saturated carbocycles. The number of nitrogens with zero attached hydrogens (tertiary/aromatic N) is 2. The number of rotatable bonds is 5. The molecule has 0 radical (unpaired) electrons. The van der Waals surface area contributed by atoms with Crippen molar-refractivity contribution < 1.29 is 15.0 Å². The molecule has 3 aromatic rings. The molecule has 0 fully saturated rings. The van der Waals surface area contributed by atoms with Crippen LogP contribution < -0.4 is 10.6 Å². The van der Waals surface area contributed by atoms with Crippen molar-refractivity contribution in [2.75, 3.05) is 10.6 Å². The Bertz CT molecular complexity index is 938. The highest BCUT2D eigenvalue weighted by Crippen LogP contribution is 2.37. The molecular weight excluding hydrogens is 344 g/mol.